The lowest BCUT2D eigenvalue weighted by Crippen LogP contribution is -2.53. The van der Waals surface area contributed by atoms with Gasteiger partial charge in [0, 0.05) is 31.4 Å². The molecule has 0 N–H and O–H groups in total. The first-order valence-corrected chi connectivity index (χ1v) is 12.7. The van der Waals surface area contributed by atoms with Crippen LogP contribution in [0.4, 0.5) is 5.82 Å². The molecule has 0 saturated carbocycles. The van der Waals surface area contributed by atoms with Crippen LogP contribution in [0.25, 0.3) is 5.65 Å². The van der Waals surface area contributed by atoms with E-state index < -0.39 is 0 Å². The lowest BCUT2D eigenvalue weighted by Gasteiger charge is -2.41. The number of imidazole rings is 1. The SMILES string of the molecule is Cc1cccnc1C1CCCC(c2nc3cccc(N4C5CCC4CN(C)C5)n3c2Cl)N1C. The monoisotopic (exact) mass is 464 g/mol. The maximum Gasteiger partial charge on any atom is 0.139 e. The zero-order chi connectivity index (χ0) is 22.7. The molecule has 33 heavy (non-hydrogen) atoms. The summed E-state index contributed by atoms with van der Waals surface area (Å²) in [7, 11) is 4.45. The van der Waals surface area contributed by atoms with Crippen molar-refractivity contribution in [3.63, 3.8) is 0 Å². The van der Waals surface area contributed by atoms with Crippen molar-refractivity contribution in [2.24, 2.45) is 0 Å². The average molecular weight is 465 g/mol. The molecule has 0 spiro atoms. The third-order valence-corrected chi connectivity index (χ3v) is 8.50. The summed E-state index contributed by atoms with van der Waals surface area (Å²) in [5.74, 6) is 1.20. The third-order valence-electron chi connectivity index (χ3n) is 8.14. The highest BCUT2D eigenvalue weighted by Crippen LogP contribution is 2.43. The van der Waals surface area contributed by atoms with E-state index >= 15 is 0 Å². The van der Waals surface area contributed by atoms with Crippen LogP contribution >= 0.6 is 11.6 Å². The van der Waals surface area contributed by atoms with Crippen LogP contribution in [-0.2, 0) is 0 Å². The first-order valence-electron chi connectivity index (χ1n) is 12.3. The number of aryl methyl sites for hydroxylation is 1. The van der Waals surface area contributed by atoms with Crippen LogP contribution in [0, 0.1) is 6.92 Å². The first kappa shape index (κ1) is 21.4. The number of likely N-dealkylation sites (tertiary alicyclic amines) is 2. The van der Waals surface area contributed by atoms with E-state index in [0.717, 1.165) is 48.8 Å². The average Bonchev–Trinajstić information content (AvgIpc) is 3.28. The molecule has 3 aromatic rings. The van der Waals surface area contributed by atoms with Crippen LogP contribution in [0.15, 0.2) is 36.5 Å². The number of piperazine rings is 1. The molecule has 6 rings (SSSR count). The van der Waals surface area contributed by atoms with Crippen molar-refractivity contribution >= 4 is 23.1 Å². The fraction of sp³-hybridized carbons (Fsp3) is 0.538. The van der Waals surface area contributed by atoms with Gasteiger partial charge >= 0.3 is 0 Å². The highest BCUT2D eigenvalue weighted by molar-refractivity contribution is 6.30. The predicted molar refractivity (Wildman–Crippen MR) is 133 cm³/mol. The van der Waals surface area contributed by atoms with Gasteiger partial charge in [0.25, 0.3) is 0 Å². The van der Waals surface area contributed by atoms with Gasteiger partial charge in [0.1, 0.15) is 16.6 Å². The molecule has 3 aromatic heterocycles. The maximum absolute atomic E-state index is 7.17. The van der Waals surface area contributed by atoms with Crippen molar-refractivity contribution in [3.8, 4) is 0 Å². The molecule has 4 unspecified atom stereocenters. The number of aromatic nitrogens is 3. The second-order valence-electron chi connectivity index (χ2n) is 10.2. The molecular formula is C26H33ClN6. The van der Waals surface area contributed by atoms with Gasteiger partial charge in [0.15, 0.2) is 0 Å². The molecule has 3 aliphatic rings. The number of rotatable bonds is 3. The number of likely N-dealkylation sites (N-methyl/N-ethyl adjacent to an activating group) is 1. The van der Waals surface area contributed by atoms with Crippen molar-refractivity contribution < 1.29 is 0 Å². The number of anilines is 1. The Balaban J connectivity index is 1.39. The topological polar surface area (TPSA) is 39.9 Å². The van der Waals surface area contributed by atoms with Gasteiger partial charge < -0.3 is 9.80 Å². The molecule has 174 valence electrons. The van der Waals surface area contributed by atoms with Gasteiger partial charge in [-0.05, 0) is 76.9 Å². The number of hydrogen-bond donors (Lipinski definition) is 0. The van der Waals surface area contributed by atoms with Gasteiger partial charge in [-0.25, -0.2) is 4.98 Å². The van der Waals surface area contributed by atoms with Crippen molar-refractivity contribution in [3.05, 3.63) is 58.6 Å². The summed E-state index contributed by atoms with van der Waals surface area (Å²) in [6.07, 6.45) is 7.75. The van der Waals surface area contributed by atoms with E-state index in [4.69, 9.17) is 21.6 Å². The van der Waals surface area contributed by atoms with Crippen molar-refractivity contribution in [1.82, 2.24) is 24.2 Å². The molecule has 3 aliphatic heterocycles. The molecule has 7 heteroatoms. The van der Waals surface area contributed by atoms with Crippen molar-refractivity contribution in [2.75, 3.05) is 32.1 Å². The van der Waals surface area contributed by atoms with Gasteiger partial charge in [0.05, 0.1) is 23.5 Å². The normalized spacial score (nSPS) is 28.7. The standard InChI is InChI=1S/C26H33ClN6/c1-17-7-6-14-28-24(17)20-8-4-9-21(31(20)3)25-26(27)33-22(29-25)10-5-11-23(33)32-18-12-13-19(32)16-30(2)15-18/h5-7,10-11,14,18-21H,4,8-9,12-13,15-16H2,1-3H3. The summed E-state index contributed by atoms with van der Waals surface area (Å²) in [5, 5.41) is 0.772. The zero-order valence-corrected chi connectivity index (χ0v) is 20.5. The summed E-state index contributed by atoms with van der Waals surface area (Å²) < 4.78 is 2.21. The molecule has 0 amide bonds. The Morgan fingerprint density at radius 3 is 2.36 bits per heavy atom. The summed E-state index contributed by atoms with van der Waals surface area (Å²) in [4.78, 5) is 17.4. The van der Waals surface area contributed by atoms with Gasteiger partial charge in [-0.2, -0.15) is 0 Å². The smallest absolute Gasteiger partial charge is 0.139 e. The van der Waals surface area contributed by atoms with E-state index in [1.54, 1.807) is 0 Å². The van der Waals surface area contributed by atoms with E-state index in [1.807, 2.05) is 12.3 Å². The minimum Gasteiger partial charge on any atom is -0.349 e. The van der Waals surface area contributed by atoms with Crippen LogP contribution in [0.2, 0.25) is 5.15 Å². The Morgan fingerprint density at radius 2 is 1.64 bits per heavy atom. The number of pyridine rings is 2. The van der Waals surface area contributed by atoms with Crippen LogP contribution < -0.4 is 4.90 Å². The molecular weight excluding hydrogens is 432 g/mol. The molecule has 0 radical (unpaired) electrons. The third kappa shape index (κ3) is 3.46. The van der Waals surface area contributed by atoms with Crippen molar-refractivity contribution in [1.29, 1.82) is 0 Å². The highest BCUT2D eigenvalue weighted by atomic mass is 35.5. The largest absolute Gasteiger partial charge is 0.349 e. The Hall–Kier alpha value is -2.15. The quantitative estimate of drug-likeness (QED) is 0.553. The zero-order valence-electron chi connectivity index (χ0n) is 19.8. The van der Waals surface area contributed by atoms with E-state index in [1.165, 1.54) is 29.9 Å². The molecule has 6 heterocycles. The Bertz CT molecular complexity index is 1160. The first-order chi connectivity index (χ1) is 16.0. The summed E-state index contributed by atoms with van der Waals surface area (Å²) in [6, 6.07) is 12.2. The minimum atomic E-state index is 0.189. The second kappa shape index (κ2) is 8.26. The lowest BCUT2D eigenvalue weighted by atomic mass is 9.91. The van der Waals surface area contributed by atoms with Crippen LogP contribution in [0.3, 0.4) is 0 Å². The van der Waals surface area contributed by atoms with Gasteiger partial charge in [-0.1, -0.05) is 23.7 Å². The molecule has 2 bridgehead atoms. The molecule has 0 aliphatic carbocycles. The van der Waals surface area contributed by atoms with E-state index in [9.17, 15) is 0 Å². The molecule has 6 nitrogen and oxygen atoms in total. The lowest BCUT2D eigenvalue weighted by molar-refractivity contribution is 0.109. The van der Waals surface area contributed by atoms with E-state index in [-0.39, 0.29) is 6.04 Å². The molecule has 3 fully saturated rings. The number of piperidine rings is 1. The molecule has 0 aromatic carbocycles. The fourth-order valence-corrected chi connectivity index (χ4v) is 6.94. The number of fused-ring (bicyclic) bond motifs is 3. The second-order valence-corrected chi connectivity index (χ2v) is 10.6. The van der Waals surface area contributed by atoms with Gasteiger partial charge in [-0.3, -0.25) is 14.3 Å². The van der Waals surface area contributed by atoms with Gasteiger partial charge in [-0.15, -0.1) is 0 Å². The van der Waals surface area contributed by atoms with Crippen LogP contribution in [0.1, 0.15) is 61.1 Å². The Morgan fingerprint density at radius 1 is 0.909 bits per heavy atom. The number of nitrogens with zero attached hydrogens (tertiary/aromatic N) is 6. The fourth-order valence-electron chi connectivity index (χ4n) is 6.60. The summed E-state index contributed by atoms with van der Waals surface area (Å²) in [6.45, 7) is 4.39. The molecule has 4 atom stereocenters. The maximum atomic E-state index is 7.17. The molecule has 3 saturated heterocycles. The number of halogens is 1. The number of hydrogen-bond acceptors (Lipinski definition) is 5. The Labute approximate surface area is 201 Å². The van der Waals surface area contributed by atoms with E-state index in [0.29, 0.717) is 18.1 Å². The Kier molecular flexibility index (Phi) is 5.35. The predicted octanol–water partition coefficient (Wildman–Crippen LogP) is 4.87. The minimum absolute atomic E-state index is 0.189. The van der Waals surface area contributed by atoms with Crippen LogP contribution in [0.5, 0.6) is 0 Å². The summed E-state index contributed by atoms with van der Waals surface area (Å²) in [5.41, 5.74) is 4.39. The van der Waals surface area contributed by atoms with Crippen LogP contribution in [-0.4, -0.2) is 63.4 Å². The highest BCUT2D eigenvalue weighted by Gasteiger charge is 2.40. The van der Waals surface area contributed by atoms with Gasteiger partial charge in [0.2, 0.25) is 0 Å². The van der Waals surface area contributed by atoms with E-state index in [2.05, 4.69) is 64.4 Å². The summed E-state index contributed by atoms with van der Waals surface area (Å²) >= 11 is 7.17. The van der Waals surface area contributed by atoms with Crippen molar-refractivity contribution in [2.45, 2.75) is 63.2 Å².